The molecule has 0 aromatic heterocycles. The lowest BCUT2D eigenvalue weighted by Crippen LogP contribution is -1.97. The third-order valence-corrected chi connectivity index (χ3v) is 4.32. The highest BCUT2D eigenvalue weighted by Crippen LogP contribution is 2.19. The Morgan fingerprint density at radius 1 is 0.880 bits per heavy atom. The Balaban J connectivity index is 1.79. The zero-order valence-corrected chi connectivity index (χ0v) is 15.9. The molecule has 0 heterocycles. The smallest absolute Gasteiger partial charge is 0.119 e. The first-order valence-electron chi connectivity index (χ1n) is 9.56. The first-order chi connectivity index (χ1) is 12.2. The predicted octanol–water partition coefficient (Wildman–Crippen LogP) is 6.91. The average molecular weight is 338 g/mol. The van der Waals surface area contributed by atoms with Gasteiger partial charge in [-0.25, -0.2) is 0 Å². The van der Waals surface area contributed by atoms with Crippen LogP contribution in [0.3, 0.4) is 0 Å². The van der Waals surface area contributed by atoms with Crippen LogP contribution in [0.2, 0.25) is 0 Å². The van der Waals surface area contributed by atoms with Crippen molar-refractivity contribution in [3.8, 4) is 5.75 Å². The maximum atomic E-state index is 5.80. The monoisotopic (exact) mass is 337 g/mol. The van der Waals surface area contributed by atoms with Crippen LogP contribution in [-0.4, -0.2) is 12.8 Å². The lowest BCUT2D eigenvalue weighted by Gasteiger charge is -2.06. The summed E-state index contributed by atoms with van der Waals surface area (Å²) in [6.45, 7) is 7.45. The highest BCUT2D eigenvalue weighted by atomic mass is 16.5. The van der Waals surface area contributed by atoms with Crippen molar-refractivity contribution in [2.24, 2.45) is 4.99 Å². The van der Waals surface area contributed by atoms with Crippen molar-refractivity contribution >= 4 is 11.9 Å². The summed E-state index contributed by atoms with van der Waals surface area (Å²) in [5, 5.41) is 0. The molecule has 134 valence electrons. The van der Waals surface area contributed by atoms with E-state index < -0.39 is 0 Å². The molecule has 25 heavy (non-hydrogen) atoms. The molecule has 0 radical (unpaired) electrons. The van der Waals surface area contributed by atoms with Crippen molar-refractivity contribution in [3.63, 3.8) is 0 Å². The summed E-state index contributed by atoms with van der Waals surface area (Å²) >= 11 is 0. The van der Waals surface area contributed by atoms with E-state index >= 15 is 0 Å². The van der Waals surface area contributed by atoms with E-state index in [2.05, 4.69) is 62.2 Å². The highest BCUT2D eigenvalue weighted by molar-refractivity contribution is 5.82. The Hall–Kier alpha value is -2.09. The minimum Gasteiger partial charge on any atom is -0.494 e. The van der Waals surface area contributed by atoms with Crippen LogP contribution < -0.4 is 4.74 Å². The quantitative estimate of drug-likeness (QED) is 0.341. The fourth-order valence-corrected chi connectivity index (χ4v) is 2.64. The Bertz CT molecular complexity index is 626. The summed E-state index contributed by atoms with van der Waals surface area (Å²) < 4.78 is 5.80. The second kappa shape index (κ2) is 10.7. The lowest BCUT2D eigenvalue weighted by molar-refractivity contribution is 0.304. The molecule has 2 nitrogen and oxygen atoms in total. The van der Waals surface area contributed by atoms with Crippen molar-refractivity contribution < 1.29 is 4.74 Å². The van der Waals surface area contributed by atoms with Gasteiger partial charge in [-0.3, -0.25) is 4.99 Å². The van der Waals surface area contributed by atoms with Gasteiger partial charge in [0.05, 0.1) is 12.3 Å². The fourth-order valence-electron chi connectivity index (χ4n) is 2.64. The minimum absolute atomic E-state index is 0.553. The number of benzene rings is 2. The van der Waals surface area contributed by atoms with Gasteiger partial charge in [0.25, 0.3) is 0 Å². The summed E-state index contributed by atoms with van der Waals surface area (Å²) in [5.74, 6) is 1.49. The predicted molar refractivity (Wildman–Crippen MR) is 108 cm³/mol. The molecule has 0 saturated heterocycles. The number of rotatable bonds is 10. The molecule has 0 atom stereocenters. The molecule has 0 bridgehead atoms. The number of ether oxygens (including phenoxy) is 1. The third kappa shape index (κ3) is 7.13. The molecule has 2 heteroatoms. The molecule has 0 amide bonds. The maximum absolute atomic E-state index is 5.80. The Kier molecular flexibility index (Phi) is 8.24. The minimum atomic E-state index is 0.553. The van der Waals surface area contributed by atoms with Crippen molar-refractivity contribution in [2.45, 2.75) is 58.8 Å². The topological polar surface area (TPSA) is 21.6 Å². The van der Waals surface area contributed by atoms with Crippen molar-refractivity contribution in [2.75, 3.05) is 6.61 Å². The number of hydrogen-bond donors (Lipinski definition) is 0. The van der Waals surface area contributed by atoms with Gasteiger partial charge in [-0.05, 0) is 59.9 Å². The Morgan fingerprint density at radius 2 is 1.56 bits per heavy atom. The SMILES string of the molecule is CCCCCCCOc1ccc(C=Nc2ccc(C(C)C)cc2)cc1. The van der Waals surface area contributed by atoms with Crippen LogP contribution in [0.4, 0.5) is 5.69 Å². The van der Waals surface area contributed by atoms with E-state index in [1.54, 1.807) is 0 Å². The van der Waals surface area contributed by atoms with Crippen LogP contribution in [0.25, 0.3) is 0 Å². The zero-order valence-electron chi connectivity index (χ0n) is 15.9. The first-order valence-corrected chi connectivity index (χ1v) is 9.56. The van der Waals surface area contributed by atoms with Crippen LogP contribution in [0.1, 0.15) is 69.9 Å². The van der Waals surface area contributed by atoms with Crippen molar-refractivity contribution in [1.82, 2.24) is 0 Å². The van der Waals surface area contributed by atoms with Crippen molar-refractivity contribution in [3.05, 3.63) is 59.7 Å². The summed E-state index contributed by atoms with van der Waals surface area (Å²) in [4.78, 5) is 4.54. The maximum Gasteiger partial charge on any atom is 0.119 e. The molecule has 0 spiro atoms. The van der Waals surface area contributed by atoms with Gasteiger partial charge in [0.1, 0.15) is 5.75 Å². The molecule has 2 aromatic carbocycles. The number of unbranched alkanes of at least 4 members (excludes halogenated alkanes) is 4. The van der Waals surface area contributed by atoms with Gasteiger partial charge in [-0.15, -0.1) is 0 Å². The van der Waals surface area contributed by atoms with Gasteiger partial charge >= 0.3 is 0 Å². The van der Waals surface area contributed by atoms with Crippen LogP contribution >= 0.6 is 0 Å². The standard InChI is InChI=1S/C23H31NO/c1-4-5-6-7-8-17-25-23-15-9-20(10-16-23)18-24-22-13-11-21(12-14-22)19(2)3/h9-16,18-19H,4-8,17H2,1-3H3. The largest absolute Gasteiger partial charge is 0.494 e. The Morgan fingerprint density at radius 3 is 2.20 bits per heavy atom. The van der Waals surface area contributed by atoms with E-state index in [4.69, 9.17) is 4.74 Å². The third-order valence-electron chi connectivity index (χ3n) is 4.32. The summed E-state index contributed by atoms with van der Waals surface area (Å²) in [7, 11) is 0. The average Bonchev–Trinajstić information content (AvgIpc) is 2.64. The molecule has 0 saturated carbocycles. The molecular formula is C23H31NO. The summed E-state index contributed by atoms with van der Waals surface area (Å²) in [6.07, 6.45) is 8.22. The molecule has 2 aromatic rings. The van der Waals surface area contributed by atoms with Gasteiger partial charge in [0.2, 0.25) is 0 Å². The number of hydrogen-bond acceptors (Lipinski definition) is 2. The first kappa shape index (κ1) is 19.2. The van der Waals surface area contributed by atoms with Crippen LogP contribution in [0, 0.1) is 0 Å². The molecule has 2 rings (SSSR count). The molecule has 0 N–H and O–H groups in total. The summed E-state index contributed by atoms with van der Waals surface area (Å²) in [5.41, 5.74) is 3.41. The van der Waals surface area contributed by atoms with Gasteiger partial charge in [0, 0.05) is 6.21 Å². The highest BCUT2D eigenvalue weighted by Gasteiger charge is 1.98. The van der Waals surface area contributed by atoms with Gasteiger partial charge in [-0.1, -0.05) is 58.6 Å². The van der Waals surface area contributed by atoms with Gasteiger partial charge in [-0.2, -0.15) is 0 Å². The van der Waals surface area contributed by atoms with Crippen molar-refractivity contribution in [1.29, 1.82) is 0 Å². The molecular weight excluding hydrogens is 306 g/mol. The van der Waals surface area contributed by atoms with Crippen LogP contribution in [0.5, 0.6) is 5.75 Å². The molecule has 0 aliphatic carbocycles. The molecule has 0 aliphatic rings. The van der Waals surface area contributed by atoms with E-state index in [-0.39, 0.29) is 0 Å². The van der Waals surface area contributed by atoms with E-state index in [0.717, 1.165) is 30.0 Å². The second-order valence-electron chi connectivity index (χ2n) is 6.84. The van der Waals surface area contributed by atoms with Gasteiger partial charge < -0.3 is 4.74 Å². The Labute approximate surface area is 153 Å². The normalized spacial score (nSPS) is 11.4. The van der Waals surface area contributed by atoms with Gasteiger partial charge in [0.15, 0.2) is 0 Å². The van der Waals surface area contributed by atoms with E-state index in [1.807, 2.05) is 18.3 Å². The van der Waals surface area contributed by atoms with Crippen LogP contribution in [-0.2, 0) is 0 Å². The number of aliphatic imine (C=N–C) groups is 1. The zero-order chi connectivity index (χ0) is 17.9. The van der Waals surface area contributed by atoms with E-state index in [1.165, 1.54) is 31.2 Å². The van der Waals surface area contributed by atoms with E-state index in [0.29, 0.717) is 5.92 Å². The fraction of sp³-hybridized carbons (Fsp3) is 0.435. The molecule has 0 fully saturated rings. The molecule has 0 aliphatic heterocycles. The lowest BCUT2D eigenvalue weighted by atomic mass is 10.0. The summed E-state index contributed by atoms with van der Waals surface area (Å²) in [6, 6.07) is 16.6. The number of nitrogens with zero attached hydrogens (tertiary/aromatic N) is 1. The molecule has 0 unspecified atom stereocenters. The van der Waals surface area contributed by atoms with E-state index in [9.17, 15) is 0 Å². The second-order valence-corrected chi connectivity index (χ2v) is 6.84. The van der Waals surface area contributed by atoms with Crippen LogP contribution in [0.15, 0.2) is 53.5 Å².